The Morgan fingerprint density at radius 3 is 2.47 bits per heavy atom. The minimum Gasteiger partial charge on any atom is -0.496 e. The van der Waals surface area contributed by atoms with Crippen molar-refractivity contribution in [1.29, 1.82) is 0 Å². The lowest BCUT2D eigenvalue weighted by Gasteiger charge is -2.06. The molecule has 0 heterocycles. The summed E-state index contributed by atoms with van der Waals surface area (Å²) >= 11 is 0. The fourth-order valence-electron chi connectivity index (χ4n) is 1.35. The van der Waals surface area contributed by atoms with Crippen LogP contribution >= 0.6 is 0 Å². The SMILES string of the molecule is COc1cc(N)ccc1/C=C(/C(C)=O)C(N)=O. The first kappa shape index (κ1) is 12.8. The first-order chi connectivity index (χ1) is 7.95. The summed E-state index contributed by atoms with van der Waals surface area (Å²) < 4.78 is 5.10. The molecule has 1 aromatic carbocycles. The van der Waals surface area contributed by atoms with Gasteiger partial charge in [-0.2, -0.15) is 0 Å². The number of ether oxygens (including phenoxy) is 1. The number of carbonyl (C=O) groups excluding carboxylic acids is 2. The van der Waals surface area contributed by atoms with E-state index in [1.807, 2.05) is 0 Å². The maximum atomic E-state index is 11.2. The van der Waals surface area contributed by atoms with Crippen LogP contribution in [0, 0.1) is 0 Å². The summed E-state index contributed by atoms with van der Waals surface area (Å²) in [4.78, 5) is 22.3. The molecule has 0 aliphatic rings. The summed E-state index contributed by atoms with van der Waals surface area (Å²) in [6.07, 6.45) is 1.39. The Morgan fingerprint density at radius 2 is 2.00 bits per heavy atom. The lowest BCUT2D eigenvalue weighted by molar-refractivity contribution is -0.119. The molecule has 0 saturated carbocycles. The van der Waals surface area contributed by atoms with E-state index in [0.29, 0.717) is 17.0 Å². The van der Waals surface area contributed by atoms with Crippen LogP contribution < -0.4 is 16.2 Å². The summed E-state index contributed by atoms with van der Waals surface area (Å²) in [5.41, 5.74) is 11.7. The second kappa shape index (κ2) is 5.16. The second-order valence-corrected chi connectivity index (χ2v) is 3.48. The Bertz CT molecular complexity index is 477. The number of carbonyl (C=O) groups is 2. The van der Waals surface area contributed by atoms with Gasteiger partial charge >= 0.3 is 0 Å². The summed E-state index contributed by atoms with van der Waals surface area (Å²) in [7, 11) is 1.48. The molecule has 5 heteroatoms. The number of ketones is 1. The van der Waals surface area contributed by atoms with Crippen LogP contribution in [0.2, 0.25) is 0 Å². The van der Waals surface area contributed by atoms with E-state index in [4.69, 9.17) is 16.2 Å². The molecule has 1 rings (SSSR count). The standard InChI is InChI=1S/C12H14N2O3/c1-7(15)10(12(14)16)5-8-3-4-9(13)6-11(8)17-2/h3-6H,13H2,1-2H3,(H2,14,16)/b10-5-. The number of hydrogen-bond acceptors (Lipinski definition) is 4. The number of anilines is 1. The molecule has 17 heavy (non-hydrogen) atoms. The maximum absolute atomic E-state index is 11.2. The van der Waals surface area contributed by atoms with Crippen LogP contribution in [0.5, 0.6) is 5.75 Å². The predicted octanol–water partition coefficient (Wildman–Crippen LogP) is 0.735. The van der Waals surface area contributed by atoms with E-state index in [9.17, 15) is 9.59 Å². The lowest BCUT2D eigenvalue weighted by Crippen LogP contribution is -2.18. The highest BCUT2D eigenvalue weighted by molar-refractivity contribution is 6.21. The summed E-state index contributed by atoms with van der Waals surface area (Å²) in [6, 6.07) is 4.90. The molecular formula is C12H14N2O3. The zero-order valence-corrected chi connectivity index (χ0v) is 9.69. The third-order valence-corrected chi connectivity index (χ3v) is 2.20. The first-order valence-corrected chi connectivity index (χ1v) is 4.91. The normalized spacial score (nSPS) is 11.1. The number of nitrogen functional groups attached to an aromatic ring is 1. The average Bonchev–Trinajstić information content (AvgIpc) is 2.26. The molecule has 0 aromatic heterocycles. The highest BCUT2D eigenvalue weighted by Gasteiger charge is 2.12. The maximum Gasteiger partial charge on any atom is 0.252 e. The number of rotatable bonds is 4. The minimum atomic E-state index is -0.767. The smallest absolute Gasteiger partial charge is 0.252 e. The van der Waals surface area contributed by atoms with Crippen molar-refractivity contribution in [2.45, 2.75) is 6.92 Å². The van der Waals surface area contributed by atoms with Crippen molar-refractivity contribution in [3.05, 3.63) is 29.3 Å². The van der Waals surface area contributed by atoms with Crippen molar-refractivity contribution in [2.24, 2.45) is 5.73 Å². The largest absolute Gasteiger partial charge is 0.496 e. The van der Waals surface area contributed by atoms with E-state index in [2.05, 4.69) is 0 Å². The van der Waals surface area contributed by atoms with Gasteiger partial charge in [0.15, 0.2) is 5.78 Å². The van der Waals surface area contributed by atoms with E-state index in [1.54, 1.807) is 18.2 Å². The lowest BCUT2D eigenvalue weighted by atomic mass is 10.1. The fraction of sp³-hybridized carbons (Fsp3) is 0.167. The Kier molecular flexibility index (Phi) is 3.87. The third-order valence-electron chi connectivity index (χ3n) is 2.20. The van der Waals surface area contributed by atoms with Gasteiger partial charge in [-0.3, -0.25) is 9.59 Å². The van der Waals surface area contributed by atoms with Crippen molar-refractivity contribution in [2.75, 3.05) is 12.8 Å². The fourth-order valence-corrected chi connectivity index (χ4v) is 1.35. The molecule has 0 aliphatic heterocycles. The number of hydrogen-bond donors (Lipinski definition) is 2. The van der Waals surface area contributed by atoms with Crippen LogP contribution in [0.15, 0.2) is 23.8 Å². The molecule has 4 N–H and O–H groups in total. The summed E-state index contributed by atoms with van der Waals surface area (Å²) in [5.74, 6) is -0.683. The average molecular weight is 234 g/mol. The molecule has 0 atom stereocenters. The quantitative estimate of drug-likeness (QED) is 0.347. The van der Waals surface area contributed by atoms with Gasteiger partial charge < -0.3 is 16.2 Å². The van der Waals surface area contributed by atoms with Crippen LogP contribution in [0.1, 0.15) is 12.5 Å². The zero-order chi connectivity index (χ0) is 13.0. The van der Waals surface area contributed by atoms with E-state index >= 15 is 0 Å². The van der Waals surface area contributed by atoms with Crippen molar-refractivity contribution in [3.63, 3.8) is 0 Å². The molecule has 5 nitrogen and oxygen atoms in total. The van der Waals surface area contributed by atoms with E-state index < -0.39 is 11.7 Å². The van der Waals surface area contributed by atoms with Crippen LogP contribution in [-0.4, -0.2) is 18.8 Å². The van der Waals surface area contributed by atoms with Gasteiger partial charge in [-0.05, 0) is 25.1 Å². The summed E-state index contributed by atoms with van der Waals surface area (Å²) in [5, 5.41) is 0. The molecule has 0 aliphatic carbocycles. The van der Waals surface area contributed by atoms with Gasteiger partial charge in [0.25, 0.3) is 5.91 Å². The predicted molar refractivity (Wildman–Crippen MR) is 65.3 cm³/mol. The van der Waals surface area contributed by atoms with Gasteiger partial charge in [0.2, 0.25) is 0 Å². The minimum absolute atomic E-state index is 0.0759. The topological polar surface area (TPSA) is 95.4 Å². The number of amides is 1. The van der Waals surface area contributed by atoms with E-state index in [0.717, 1.165) is 0 Å². The molecular weight excluding hydrogens is 220 g/mol. The van der Waals surface area contributed by atoms with Gasteiger partial charge in [-0.15, -0.1) is 0 Å². The zero-order valence-electron chi connectivity index (χ0n) is 9.69. The van der Waals surface area contributed by atoms with E-state index in [1.165, 1.54) is 20.1 Å². The van der Waals surface area contributed by atoms with Crippen molar-refractivity contribution in [1.82, 2.24) is 0 Å². The highest BCUT2D eigenvalue weighted by atomic mass is 16.5. The molecule has 0 bridgehead atoms. The van der Waals surface area contributed by atoms with Crippen molar-refractivity contribution >= 4 is 23.5 Å². The van der Waals surface area contributed by atoms with Gasteiger partial charge in [-0.1, -0.05) is 0 Å². The second-order valence-electron chi connectivity index (χ2n) is 3.48. The van der Waals surface area contributed by atoms with Crippen LogP contribution in [0.3, 0.4) is 0 Å². The Balaban J connectivity index is 3.29. The van der Waals surface area contributed by atoms with Crippen molar-refractivity contribution < 1.29 is 14.3 Å². The first-order valence-electron chi connectivity index (χ1n) is 4.91. The van der Waals surface area contributed by atoms with Gasteiger partial charge in [0.05, 0.1) is 12.7 Å². The number of nitrogens with two attached hydrogens (primary N) is 2. The summed E-state index contributed by atoms with van der Waals surface area (Å²) in [6.45, 7) is 1.28. The van der Waals surface area contributed by atoms with Gasteiger partial charge in [0.1, 0.15) is 5.75 Å². The number of Topliss-reactive ketones (excluding diaryl/α,β-unsaturated/α-hetero) is 1. The molecule has 0 radical (unpaired) electrons. The molecule has 90 valence electrons. The van der Waals surface area contributed by atoms with Gasteiger partial charge in [0, 0.05) is 17.3 Å². The van der Waals surface area contributed by atoms with Gasteiger partial charge in [-0.25, -0.2) is 0 Å². The number of methoxy groups -OCH3 is 1. The molecule has 0 unspecified atom stereocenters. The van der Waals surface area contributed by atoms with Crippen LogP contribution in [0.4, 0.5) is 5.69 Å². The third kappa shape index (κ3) is 3.07. The van der Waals surface area contributed by atoms with E-state index in [-0.39, 0.29) is 5.57 Å². The molecule has 1 amide bonds. The molecule has 0 fully saturated rings. The molecule has 1 aromatic rings. The Hall–Kier alpha value is -2.30. The van der Waals surface area contributed by atoms with Crippen molar-refractivity contribution in [3.8, 4) is 5.75 Å². The Morgan fingerprint density at radius 1 is 1.35 bits per heavy atom. The van der Waals surface area contributed by atoms with Crippen LogP contribution in [0.25, 0.3) is 6.08 Å². The van der Waals surface area contributed by atoms with Crippen LogP contribution in [-0.2, 0) is 9.59 Å². The number of benzene rings is 1. The highest BCUT2D eigenvalue weighted by Crippen LogP contribution is 2.24. The Labute approximate surface area is 99.0 Å². The molecule has 0 saturated heterocycles. The number of primary amides is 1. The monoisotopic (exact) mass is 234 g/mol. The molecule has 0 spiro atoms.